The van der Waals surface area contributed by atoms with Crippen molar-refractivity contribution in [3.63, 3.8) is 0 Å². The summed E-state index contributed by atoms with van der Waals surface area (Å²) in [4.78, 5) is 2.66. The molecule has 1 aromatic heterocycles. The molecular formula is C5H3ClN2. The van der Waals surface area contributed by atoms with Gasteiger partial charge in [0.25, 0.3) is 0 Å². The Bertz CT molecular complexity index is 221. The van der Waals surface area contributed by atoms with Gasteiger partial charge >= 0.3 is 0 Å². The highest BCUT2D eigenvalue weighted by Gasteiger charge is 1.94. The third-order valence-electron chi connectivity index (χ3n) is 0.817. The largest absolute Gasteiger partial charge is 0.351 e. The highest BCUT2D eigenvalue weighted by molar-refractivity contribution is 6.30. The number of H-pyrrole nitrogens is 1. The molecule has 3 heteroatoms. The molecule has 8 heavy (non-hydrogen) atoms. The first kappa shape index (κ1) is 5.20. The summed E-state index contributed by atoms with van der Waals surface area (Å²) in [5, 5.41) is 8.66. The molecule has 2 nitrogen and oxygen atoms in total. The molecule has 0 aromatic carbocycles. The van der Waals surface area contributed by atoms with E-state index >= 15 is 0 Å². The summed E-state index contributed by atoms with van der Waals surface area (Å²) in [6.07, 6.45) is 1.63. The number of rotatable bonds is 0. The molecule has 0 saturated heterocycles. The van der Waals surface area contributed by atoms with Crippen LogP contribution in [0.4, 0.5) is 0 Å². The topological polar surface area (TPSA) is 39.6 Å². The number of nitrogens with zero attached hydrogens (tertiary/aromatic N) is 1. The summed E-state index contributed by atoms with van der Waals surface area (Å²) in [6.45, 7) is 0. The second-order valence-corrected chi connectivity index (χ2v) is 1.70. The van der Waals surface area contributed by atoms with E-state index in [4.69, 9.17) is 16.9 Å². The first-order valence-corrected chi connectivity index (χ1v) is 2.45. The lowest BCUT2D eigenvalue weighted by atomic mass is 10.4. The van der Waals surface area contributed by atoms with Crippen LogP contribution in [0.15, 0.2) is 12.3 Å². The number of hydrogen-bond donors (Lipinski definition) is 1. The summed E-state index contributed by atoms with van der Waals surface area (Å²) in [5.74, 6) is 0. The zero-order valence-corrected chi connectivity index (χ0v) is 4.74. The van der Waals surface area contributed by atoms with E-state index in [1.807, 2.05) is 6.07 Å². The van der Waals surface area contributed by atoms with Crippen LogP contribution in [0.3, 0.4) is 0 Å². The molecule has 0 spiro atoms. The molecular weight excluding hydrogens is 124 g/mol. The average Bonchev–Trinajstić information content (AvgIpc) is 2.14. The minimum atomic E-state index is 0.410. The van der Waals surface area contributed by atoms with E-state index in [9.17, 15) is 0 Å². The zero-order chi connectivity index (χ0) is 5.98. The van der Waals surface area contributed by atoms with Crippen LogP contribution in [-0.4, -0.2) is 4.98 Å². The van der Waals surface area contributed by atoms with Crippen molar-refractivity contribution in [1.82, 2.24) is 4.98 Å². The molecule has 1 aromatic rings. The van der Waals surface area contributed by atoms with Gasteiger partial charge in [-0.25, -0.2) is 0 Å². The molecule has 1 rings (SSSR count). The molecule has 0 unspecified atom stereocenters. The molecule has 0 saturated carbocycles. The summed E-state index contributed by atoms with van der Waals surface area (Å²) in [5.41, 5.74) is 0.492. The van der Waals surface area contributed by atoms with Crippen molar-refractivity contribution in [2.45, 2.75) is 0 Å². The van der Waals surface area contributed by atoms with Gasteiger partial charge in [0.1, 0.15) is 11.2 Å². The van der Waals surface area contributed by atoms with E-state index in [1.165, 1.54) is 0 Å². The van der Waals surface area contributed by atoms with Gasteiger partial charge in [-0.15, -0.1) is 0 Å². The Kier molecular flexibility index (Phi) is 1.23. The first-order chi connectivity index (χ1) is 3.84. The Labute approximate surface area is 51.7 Å². The quantitative estimate of drug-likeness (QED) is 0.563. The van der Waals surface area contributed by atoms with Crippen LogP contribution in [-0.2, 0) is 0 Å². The highest BCUT2D eigenvalue weighted by atomic mass is 35.5. The molecule has 1 N–H and O–H groups in total. The van der Waals surface area contributed by atoms with E-state index < -0.39 is 0 Å². The van der Waals surface area contributed by atoms with Gasteiger partial charge < -0.3 is 4.98 Å². The molecule has 0 bridgehead atoms. The van der Waals surface area contributed by atoms with Gasteiger partial charge in [-0.2, -0.15) is 5.26 Å². The highest BCUT2D eigenvalue weighted by Crippen LogP contribution is 2.09. The molecule has 0 aliphatic heterocycles. The monoisotopic (exact) mass is 126 g/mol. The number of halogens is 1. The van der Waals surface area contributed by atoms with Crippen molar-refractivity contribution in [1.29, 1.82) is 5.26 Å². The first-order valence-electron chi connectivity index (χ1n) is 2.07. The Morgan fingerprint density at radius 1 is 1.75 bits per heavy atom. The third-order valence-corrected chi connectivity index (χ3v) is 1.13. The summed E-state index contributed by atoms with van der Waals surface area (Å²) in [6, 6.07) is 3.54. The third kappa shape index (κ3) is 0.682. The number of aromatic amines is 1. The molecule has 0 aliphatic carbocycles. The number of hydrogen-bond acceptors (Lipinski definition) is 1. The number of nitriles is 1. The van der Waals surface area contributed by atoms with Crippen molar-refractivity contribution in [2.75, 3.05) is 0 Å². The standard InChI is InChI=1S/C5H3ClN2/c6-5-4(3-7)1-2-8-5/h1-2,8H. The van der Waals surface area contributed by atoms with Crippen LogP contribution < -0.4 is 0 Å². The minimum Gasteiger partial charge on any atom is -0.351 e. The van der Waals surface area contributed by atoms with E-state index in [0.717, 1.165) is 0 Å². The van der Waals surface area contributed by atoms with Crippen molar-refractivity contribution in [3.05, 3.63) is 23.0 Å². The van der Waals surface area contributed by atoms with Gasteiger partial charge in [-0.3, -0.25) is 0 Å². The van der Waals surface area contributed by atoms with Gasteiger partial charge in [0.15, 0.2) is 0 Å². The Hall–Kier alpha value is -0.940. The van der Waals surface area contributed by atoms with Crippen molar-refractivity contribution in [3.8, 4) is 6.07 Å². The van der Waals surface area contributed by atoms with Crippen LogP contribution in [0.1, 0.15) is 5.56 Å². The lowest BCUT2D eigenvalue weighted by molar-refractivity contribution is 1.40. The van der Waals surface area contributed by atoms with Crippen LogP contribution in [0.2, 0.25) is 5.15 Å². The Morgan fingerprint density at radius 2 is 2.50 bits per heavy atom. The smallest absolute Gasteiger partial charge is 0.124 e. The average molecular weight is 127 g/mol. The Morgan fingerprint density at radius 3 is 2.75 bits per heavy atom. The van der Waals surface area contributed by atoms with Crippen molar-refractivity contribution < 1.29 is 0 Å². The second-order valence-electron chi connectivity index (χ2n) is 1.32. The van der Waals surface area contributed by atoms with Gasteiger partial charge in [-0.05, 0) is 6.07 Å². The lowest BCUT2D eigenvalue weighted by Crippen LogP contribution is -1.64. The normalized spacial score (nSPS) is 8.50. The maximum Gasteiger partial charge on any atom is 0.124 e. The van der Waals surface area contributed by atoms with Crippen molar-refractivity contribution in [2.24, 2.45) is 0 Å². The van der Waals surface area contributed by atoms with Crippen LogP contribution in [0.25, 0.3) is 0 Å². The number of aromatic nitrogens is 1. The SMILES string of the molecule is N#Cc1cc[nH]c1Cl. The van der Waals surface area contributed by atoms with Gasteiger partial charge in [0.05, 0.1) is 5.56 Å². The predicted octanol–water partition coefficient (Wildman–Crippen LogP) is 1.54. The molecule has 0 amide bonds. The van der Waals surface area contributed by atoms with E-state index in [-0.39, 0.29) is 0 Å². The molecule has 0 atom stereocenters. The maximum atomic E-state index is 8.25. The fourth-order valence-corrected chi connectivity index (χ4v) is 0.604. The van der Waals surface area contributed by atoms with Crippen LogP contribution >= 0.6 is 11.6 Å². The van der Waals surface area contributed by atoms with E-state index in [0.29, 0.717) is 10.7 Å². The van der Waals surface area contributed by atoms with Crippen LogP contribution in [0, 0.1) is 11.3 Å². The van der Waals surface area contributed by atoms with E-state index in [2.05, 4.69) is 4.98 Å². The van der Waals surface area contributed by atoms with Gasteiger partial charge in [-0.1, -0.05) is 11.6 Å². The van der Waals surface area contributed by atoms with Crippen LogP contribution in [0.5, 0.6) is 0 Å². The van der Waals surface area contributed by atoms with Crippen molar-refractivity contribution >= 4 is 11.6 Å². The lowest BCUT2D eigenvalue weighted by Gasteiger charge is -1.75. The summed E-state index contributed by atoms with van der Waals surface area (Å²) in [7, 11) is 0. The molecule has 40 valence electrons. The molecule has 1 heterocycles. The maximum absolute atomic E-state index is 8.25. The van der Waals surface area contributed by atoms with E-state index in [1.54, 1.807) is 12.3 Å². The molecule has 0 fully saturated rings. The van der Waals surface area contributed by atoms with Gasteiger partial charge in [0, 0.05) is 6.20 Å². The zero-order valence-electron chi connectivity index (χ0n) is 3.98. The predicted molar refractivity (Wildman–Crippen MR) is 30.5 cm³/mol. The Balaban J connectivity index is 3.15. The molecule has 0 radical (unpaired) electrons. The summed E-state index contributed by atoms with van der Waals surface area (Å²) < 4.78 is 0. The number of nitrogens with one attached hydrogen (secondary N) is 1. The fourth-order valence-electron chi connectivity index (χ4n) is 0.435. The van der Waals surface area contributed by atoms with Gasteiger partial charge in [0.2, 0.25) is 0 Å². The minimum absolute atomic E-state index is 0.410. The summed E-state index contributed by atoms with van der Waals surface area (Å²) >= 11 is 5.46. The molecule has 0 aliphatic rings. The second kappa shape index (κ2) is 1.89. The fraction of sp³-hybridized carbons (Fsp3) is 0.